The van der Waals surface area contributed by atoms with E-state index in [2.05, 4.69) is 0 Å². The molecule has 2 rings (SSSR count). The van der Waals surface area contributed by atoms with Gasteiger partial charge < -0.3 is 10.0 Å². The van der Waals surface area contributed by atoms with Crippen LogP contribution in [0.15, 0.2) is 18.2 Å². The van der Waals surface area contributed by atoms with Crippen LogP contribution in [0.4, 0.5) is 0 Å². The Kier molecular flexibility index (Phi) is 3.20. The molecule has 18 heavy (non-hydrogen) atoms. The van der Waals surface area contributed by atoms with Gasteiger partial charge in [0, 0.05) is 5.56 Å². The molecule has 1 fully saturated rings. The molecule has 3 heteroatoms. The van der Waals surface area contributed by atoms with E-state index in [1.54, 1.807) is 4.90 Å². The fraction of sp³-hybridized carbons (Fsp3) is 0.533. The summed E-state index contributed by atoms with van der Waals surface area (Å²) in [7, 11) is 0. The maximum absolute atomic E-state index is 12.3. The van der Waals surface area contributed by atoms with Gasteiger partial charge in [0.1, 0.15) is 5.60 Å². The second kappa shape index (κ2) is 4.39. The number of hydrogen-bond acceptors (Lipinski definition) is 2. The molecular weight excluding hydrogens is 226 g/mol. The van der Waals surface area contributed by atoms with Gasteiger partial charge in [0.2, 0.25) is 0 Å². The monoisotopic (exact) mass is 247 g/mol. The number of nitrogens with zero attached hydrogens (tertiary/aromatic N) is 1. The molecule has 0 atom stereocenters. The quantitative estimate of drug-likeness (QED) is 0.870. The summed E-state index contributed by atoms with van der Waals surface area (Å²) in [6.07, 6.45) is 0. The van der Waals surface area contributed by atoms with Crippen molar-refractivity contribution in [3.63, 3.8) is 0 Å². The van der Waals surface area contributed by atoms with Gasteiger partial charge in [-0.1, -0.05) is 26.0 Å². The van der Waals surface area contributed by atoms with Crippen molar-refractivity contribution in [2.45, 2.75) is 33.3 Å². The molecule has 1 aromatic carbocycles. The molecule has 0 radical (unpaired) electrons. The molecule has 0 saturated carbocycles. The number of hydrogen-bond donors (Lipinski definition) is 1. The van der Waals surface area contributed by atoms with Crippen LogP contribution in [0.2, 0.25) is 0 Å². The van der Waals surface area contributed by atoms with Crippen LogP contribution in [0.3, 0.4) is 0 Å². The molecule has 98 valence electrons. The molecule has 1 aliphatic rings. The molecule has 1 aromatic rings. The van der Waals surface area contributed by atoms with Crippen molar-refractivity contribution in [3.05, 3.63) is 34.9 Å². The lowest BCUT2D eigenvalue weighted by molar-refractivity contribution is -0.110. The lowest BCUT2D eigenvalue weighted by Crippen LogP contribution is -2.66. The van der Waals surface area contributed by atoms with Crippen molar-refractivity contribution < 1.29 is 9.90 Å². The zero-order valence-electron chi connectivity index (χ0n) is 11.5. The number of likely N-dealkylation sites (tertiary alicyclic amines) is 1. The smallest absolute Gasteiger partial charge is 0.254 e. The first kappa shape index (κ1) is 13.1. The Labute approximate surface area is 108 Å². The van der Waals surface area contributed by atoms with Crippen molar-refractivity contribution in [1.82, 2.24) is 4.90 Å². The van der Waals surface area contributed by atoms with Crippen LogP contribution in [-0.4, -0.2) is 34.6 Å². The highest BCUT2D eigenvalue weighted by Crippen LogP contribution is 2.30. The third-order valence-corrected chi connectivity index (χ3v) is 4.13. The summed E-state index contributed by atoms with van der Waals surface area (Å²) in [5.74, 6) is 0.210. The molecule has 0 aliphatic carbocycles. The van der Waals surface area contributed by atoms with E-state index in [9.17, 15) is 9.90 Å². The van der Waals surface area contributed by atoms with Crippen molar-refractivity contribution in [3.8, 4) is 0 Å². The Morgan fingerprint density at radius 1 is 1.33 bits per heavy atom. The molecular formula is C15H21NO2. The molecule has 0 bridgehead atoms. The van der Waals surface area contributed by atoms with Gasteiger partial charge in [-0.2, -0.15) is 0 Å². The van der Waals surface area contributed by atoms with Gasteiger partial charge in [0.15, 0.2) is 0 Å². The Balaban J connectivity index is 2.13. The Morgan fingerprint density at radius 3 is 2.50 bits per heavy atom. The van der Waals surface area contributed by atoms with E-state index >= 15 is 0 Å². The zero-order valence-corrected chi connectivity index (χ0v) is 11.5. The number of aliphatic hydroxyl groups is 1. The fourth-order valence-corrected chi connectivity index (χ4v) is 2.28. The maximum Gasteiger partial charge on any atom is 0.254 e. The third kappa shape index (κ3) is 2.03. The minimum Gasteiger partial charge on any atom is -0.386 e. The predicted molar refractivity (Wildman–Crippen MR) is 71.6 cm³/mol. The molecule has 0 spiro atoms. The summed E-state index contributed by atoms with van der Waals surface area (Å²) >= 11 is 0. The van der Waals surface area contributed by atoms with Crippen LogP contribution in [0.25, 0.3) is 0 Å². The van der Waals surface area contributed by atoms with Crippen molar-refractivity contribution in [1.29, 1.82) is 0 Å². The van der Waals surface area contributed by atoms with Crippen molar-refractivity contribution >= 4 is 5.91 Å². The third-order valence-electron chi connectivity index (χ3n) is 4.13. The second-order valence-electron chi connectivity index (χ2n) is 5.67. The molecule has 1 heterocycles. The van der Waals surface area contributed by atoms with Crippen molar-refractivity contribution in [2.75, 3.05) is 13.1 Å². The van der Waals surface area contributed by atoms with E-state index in [0.29, 0.717) is 13.1 Å². The van der Waals surface area contributed by atoms with Gasteiger partial charge in [-0.25, -0.2) is 0 Å². The largest absolute Gasteiger partial charge is 0.386 e. The van der Waals surface area contributed by atoms with E-state index in [4.69, 9.17) is 0 Å². The zero-order chi connectivity index (χ0) is 13.5. The number of β-amino-alcohol motifs (C(OH)–C–C–N with tert-alkyl or cyclic N) is 1. The standard InChI is InChI=1S/C15H21NO2/c1-10(2)15(18)8-16(9-15)14(17)13-7-5-6-11(3)12(13)4/h5-7,10,18H,8-9H2,1-4H3. The highest BCUT2D eigenvalue weighted by molar-refractivity contribution is 5.96. The van der Waals surface area contributed by atoms with Gasteiger partial charge in [-0.05, 0) is 37.0 Å². The minimum absolute atomic E-state index is 0.0292. The maximum atomic E-state index is 12.3. The van der Waals surface area contributed by atoms with Gasteiger partial charge in [0.25, 0.3) is 5.91 Å². The SMILES string of the molecule is Cc1cccc(C(=O)N2CC(O)(C(C)C)C2)c1C. The first-order valence-corrected chi connectivity index (χ1v) is 6.43. The summed E-state index contributed by atoms with van der Waals surface area (Å²) in [6, 6.07) is 5.77. The lowest BCUT2D eigenvalue weighted by atomic mass is 9.82. The van der Waals surface area contributed by atoms with E-state index in [1.807, 2.05) is 45.9 Å². The highest BCUT2D eigenvalue weighted by Gasteiger charge is 2.46. The Morgan fingerprint density at radius 2 is 1.94 bits per heavy atom. The van der Waals surface area contributed by atoms with E-state index in [0.717, 1.165) is 16.7 Å². The molecule has 1 amide bonds. The highest BCUT2D eigenvalue weighted by atomic mass is 16.3. The fourth-order valence-electron chi connectivity index (χ4n) is 2.28. The number of amides is 1. The van der Waals surface area contributed by atoms with Crippen LogP contribution in [0.1, 0.15) is 35.3 Å². The predicted octanol–water partition coefficient (Wildman–Crippen LogP) is 2.15. The number of aryl methyl sites for hydroxylation is 1. The molecule has 3 nitrogen and oxygen atoms in total. The summed E-state index contributed by atoms with van der Waals surface area (Å²) in [5.41, 5.74) is 2.21. The van der Waals surface area contributed by atoms with E-state index in [-0.39, 0.29) is 11.8 Å². The topological polar surface area (TPSA) is 40.5 Å². The van der Waals surface area contributed by atoms with E-state index < -0.39 is 5.60 Å². The van der Waals surface area contributed by atoms with Crippen LogP contribution in [-0.2, 0) is 0 Å². The molecule has 1 aliphatic heterocycles. The van der Waals surface area contributed by atoms with Crippen LogP contribution < -0.4 is 0 Å². The second-order valence-corrected chi connectivity index (χ2v) is 5.67. The molecule has 0 aromatic heterocycles. The Bertz CT molecular complexity index is 473. The van der Waals surface area contributed by atoms with Crippen LogP contribution in [0.5, 0.6) is 0 Å². The summed E-state index contributed by atoms with van der Waals surface area (Å²) in [6.45, 7) is 8.83. The van der Waals surface area contributed by atoms with Gasteiger partial charge in [-0.3, -0.25) is 4.79 Å². The number of carbonyl (C=O) groups is 1. The molecule has 0 unspecified atom stereocenters. The van der Waals surface area contributed by atoms with Gasteiger partial charge in [0.05, 0.1) is 13.1 Å². The lowest BCUT2D eigenvalue weighted by Gasteiger charge is -2.49. The minimum atomic E-state index is -0.701. The summed E-state index contributed by atoms with van der Waals surface area (Å²) in [5, 5.41) is 10.2. The number of benzene rings is 1. The normalized spacial score (nSPS) is 17.8. The van der Waals surface area contributed by atoms with Gasteiger partial charge >= 0.3 is 0 Å². The summed E-state index contributed by atoms with van der Waals surface area (Å²) in [4.78, 5) is 14.0. The first-order chi connectivity index (χ1) is 8.35. The molecule has 1 saturated heterocycles. The average molecular weight is 247 g/mol. The van der Waals surface area contributed by atoms with Crippen molar-refractivity contribution in [2.24, 2.45) is 5.92 Å². The van der Waals surface area contributed by atoms with Crippen LogP contribution in [0, 0.1) is 19.8 Å². The van der Waals surface area contributed by atoms with Gasteiger partial charge in [-0.15, -0.1) is 0 Å². The summed E-state index contributed by atoms with van der Waals surface area (Å²) < 4.78 is 0. The molecule has 1 N–H and O–H groups in total. The number of carbonyl (C=O) groups excluding carboxylic acids is 1. The Hall–Kier alpha value is -1.35. The average Bonchev–Trinajstić information content (AvgIpc) is 2.27. The van der Waals surface area contributed by atoms with Crippen LogP contribution >= 0.6 is 0 Å². The van der Waals surface area contributed by atoms with E-state index in [1.165, 1.54) is 0 Å². The first-order valence-electron chi connectivity index (χ1n) is 6.43. The number of rotatable bonds is 2.